The lowest BCUT2D eigenvalue weighted by Gasteiger charge is -2.14. The molecule has 3 nitrogen and oxygen atoms in total. The van der Waals surface area contributed by atoms with Gasteiger partial charge < -0.3 is 5.73 Å². The predicted molar refractivity (Wildman–Crippen MR) is 72.0 cm³/mol. The molecule has 0 saturated heterocycles. The molecule has 0 aliphatic carbocycles. The van der Waals surface area contributed by atoms with E-state index in [0.29, 0.717) is 0 Å². The van der Waals surface area contributed by atoms with E-state index in [1.807, 2.05) is 12.1 Å². The Labute approximate surface area is 108 Å². The van der Waals surface area contributed by atoms with E-state index in [2.05, 4.69) is 45.5 Å². The monoisotopic (exact) mass is 325 g/mol. The molecule has 4 heteroatoms. The van der Waals surface area contributed by atoms with Crippen molar-refractivity contribution in [1.29, 1.82) is 0 Å². The summed E-state index contributed by atoms with van der Waals surface area (Å²) in [7, 11) is 0. The quantitative estimate of drug-likeness (QED) is 0.863. The Hall–Kier alpha value is -1.01. The van der Waals surface area contributed by atoms with E-state index in [1.54, 1.807) is 18.6 Å². The zero-order valence-corrected chi connectivity index (χ0v) is 11.0. The summed E-state index contributed by atoms with van der Waals surface area (Å²) in [6.45, 7) is 2.08. The Morgan fingerprint density at radius 1 is 1.31 bits per heavy atom. The molecule has 0 fully saturated rings. The highest BCUT2D eigenvalue weighted by Crippen LogP contribution is 2.24. The Morgan fingerprint density at radius 2 is 2.12 bits per heavy atom. The van der Waals surface area contributed by atoms with Crippen molar-refractivity contribution in [3.63, 3.8) is 0 Å². The maximum atomic E-state index is 6.18. The number of aromatic nitrogens is 2. The summed E-state index contributed by atoms with van der Waals surface area (Å²) >= 11 is 2.32. The number of halogens is 1. The summed E-state index contributed by atoms with van der Waals surface area (Å²) in [5.41, 5.74) is 9.31. The van der Waals surface area contributed by atoms with Crippen LogP contribution in [-0.4, -0.2) is 9.97 Å². The Balaban J connectivity index is 2.42. The molecule has 0 aliphatic rings. The number of nitrogens with zero attached hydrogens (tertiary/aromatic N) is 2. The van der Waals surface area contributed by atoms with Crippen LogP contribution in [0.4, 0.5) is 0 Å². The standard InChI is InChI=1S/C12H12IN3/c1-8-3-2-4-9(11(8)13)12(14)10-7-15-5-6-16-10/h2-7,12H,14H2,1H3. The molecular weight excluding hydrogens is 313 g/mol. The maximum absolute atomic E-state index is 6.18. The van der Waals surface area contributed by atoms with E-state index in [0.717, 1.165) is 11.3 Å². The second-order valence-electron chi connectivity index (χ2n) is 3.59. The smallest absolute Gasteiger partial charge is 0.0799 e. The van der Waals surface area contributed by atoms with Gasteiger partial charge in [-0.25, -0.2) is 0 Å². The zero-order chi connectivity index (χ0) is 11.5. The van der Waals surface area contributed by atoms with E-state index >= 15 is 0 Å². The van der Waals surface area contributed by atoms with Gasteiger partial charge in [-0.15, -0.1) is 0 Å². The lowest BCUT2D eigenvalue weighted by Crippen LogP contribution is -2.15. The fourth-order valence-electron chi connectivity index (χ4n) is 1.54. The molecule has 2 N–H and O–H groups in total. The molecule has 2 rings (SSSR count). The average Bonchev–Trinajstić information content (AvgIpc) is 2.33. The van der Waals surface area contributed by atoms with Gasteiger partial charge in [-0.2, -0.15) is 0 Å². The Bertz CT molecular complexity index is 485. The van der Waals surface area contributed by atoms with Crippen LogP contribution in [-0.2, 0) is 0 Å². The highest BCUT2D eigenvalue weighted by Gasteiger charge is 2.14. The maximum Gasteiger partial charge on any atom is 0.0799 e. The highest BCUT2D eigenvalue weighted by atomic mass is 127. The molecule has 0 spiro atoms. The van der Waals surface area contributed by atoms with Gasteiger partial charge in [0.15, 0.2) is 0 Å². The molecule has 16 heavy (non-hydrogen) atoms. The molecule has 1 aromatic carbocycles. The highest BCUT2D eigenvalue weighted by molar-refractivity contribution is 14.1. The van der Waals surface area contributed by atoms with Crippen LogP contribution in [0.1, 0.15) is 22.9 Å². The molecule has 1 unspecified atom stereocenters. The SMILES string of the molecule is Cc1cccc(C(N)c2cnccn2)c1I. The van der Waals surface area contributed by atoms with E-state index < -0.39 is 0 Å². The molecule has 0 saturated carbocycles. The average molecular weight is 325 g/mol. The van der Waals surface area contributed by atoms with Crippen molar-refractivity contribution >= 4 is 22.6 Å². The van der Waals surface area contributed by atoms with Crippen LogP contribution in [0.25, 0.3) is 0 Å². The Kier molecular flexibility index (Phi) is 3.50. The van der Waals surface area contributed by atoms with Gasteiger partial charge >= 0.3 is 0 Å². The molecule has 0 bridgehead atoms. The summed E-state index contributed by atoms with van der Waals surface area (Å²) in [5, 5.41) is 0. The Morgan fingerprint density at radius 3 is 2.81 bits per heavy atom. The van der Waals surface area contributed by atoms with Gasteiger partial charge in [0, 0.05) is 16.0 Å². The third kappa shape index (κ3) is 2.22. The lowest BCUT2D eigenvalue weighted by atomic mass is 10.0. The van der Waals surface area contributed by atoms with E-state index in [1.165, 1.54) is 9.13 Å². The molecule has 0 amide bonds. The summed E-state index contributed by atoms with van der Waals surface area (Å²) < 4.78 is 1.19. The number of nitrogens with two attached hydrogens (primary N) is 1. The van der Waals surface area contributed by atoms with Crippen molar-refractivity contribution in [2.24, 2.45) is 5.73 Å². The minimum absolute atomic E-state index is 0.208. The van der Waals surface area contributed by atoms with Crippen molar-refractivity contribution in [1.82, 2.24) is 9.97 Å². The first-order valence-corrected chi connectivity index (χ1v) is 6.04. The van der Waals surface area contributed by atoms with Crippen LogP contribution in [0, 0.1) is 10.5 Å². The third-order valence-corrected chi connectivity index (χ3v) is 3.93. The fourth-order valence-corrected chi connectivity index (χ4v) is 2.24. The molecule has 2 aromatic rings. The summed E-state index contributed by atoms with van der Waals surface area (Å²) in [6, 6.07) is 5.92. The van der Waals surface area contributed by atoms with Crippen molar-refractivity contribution in [2.75, 3.05) is 0 Å². The first kappa shape index (κ1) is 11.5. The van der Waals surface area contributed by atoms with Gasteiger partial charge in [0.05, 0.1) is 17.9 Å². The lowest BCUT2D eigenvalue weighted by molar-refractivity contribution is 0.811. The minimum Gasteiger partial charge on any atom is -0.319 e. The molecular formula is C12H12IN3. The molecule has 1 atom stereocenters. The van der Waals surface area contributed by atoms with Crippen LogP contribution in [0.3, 0.4) is 0 Å². The molecule has 1 heterocycles. The molecule has 0 radical (unpaired) electrons. The van der Waals surface area contributed by atoms with Gasteiger partial charge in [-0.05, 0) is 40.6 Å². The van der Waals surface area contributed by atoms with E-state index in [-0.39, 0.29) is 6.04 Å². The van der Waals surface area contributed by atoms with Crippen molar-refractivity contribution in [3.05, 3.63) is 57.2 Å². The van der Waals surface area contributed by atoms with Crippen molar-refractivity contribution in [3.8, 4) is 0 Å². The van der Waals surface area contributed by atoms with Gasteiger partial charge in [-0.3, -0.25) is 9.97 Å². The minimum atomic E-state index is -0.208. The number of hydrogen-bond acceptors (Lipinski definition) is 3. The van der Waals surface area contributed by atoms with Crippen LogP contribution in [0.2, 0.25) is 0 Å². The number of hydrogen-bond donors (Lipinski definition) is 1. The third-order valence-electron chi connectivity index (χ3n) is 2.46. The largest absolute Gasteiger partial charge is 0.319 e. The number of aryl methyl sites for hydroxylation is 1. The van der Waals surface area contributed by atoms with Crippen LogP contribution in [0.5, 0.6) is 0 Å². The first-order valence-electron chi connectivity index (χ1n) is 4.96. The van der Waals surface area contributed by atoms with Crippen LogP contribution < -0.4 is 5.73 Å². The van der Waals surface area contributed by atoms with Crippen LogP contribution in [0.15, 0.2) is 36.8 Å². The van der Waals surface area contributed by atoms with E-state index in [9.17, 15) is 0 Å². The van der Waals surface area contributed by atoms with Crippen molar-refractivity contribution < 1.29 is 0 Å². The van der Waals surface area contributed by atoms with Gasteiger partial charge in [0.1, 0.15) is 0 Å². The number of rotatable bonds is 2. The van der Waals surface area contributed by atoms with E-state index in [4.69, 9.17) is 5.73 Å². The summed E-state index contributed by atoms with van der Waals surface area (Å²) in [5.74, 6) is 0. The number of benzene rings is 1. The van der Waals surface area contributed by atoms with Gasteiger partial charge in [-0.1, -0.05) is 18.2 Å². The summed E-state index contributed by atoms with van der Waals surface area (Å²) in [4.78, 5) is 8.27. The molecule has 0 aliphatic heterocycles. The second kappa shape index (κ2) is 4.88. The predicted octanol–water partition coefficient (Wildman–Crippen LogP) is 2.44. The second-order valence-corrected chi connectivity index (χ2v) is 4.66. The van der Waals surface area contributed by atoms with Crippen molar-refractivity contribution in [2.45, 2.75) is 13.0 Å². The summed E-state index contributed by atoms with van der Waals surface area (Å²) in [6.07, 6.45) is 5.03. The van der Waals surface area contributed by atoms with Crippen LogP contribution >= 0.6 is 22.6 Å². The normalized spacial score (nSPS) is 12.4. The van der Waals surface area contributed by atoms with Gasteiger partial charge in [0.25, 0.3) is 0 Å². The molecule has 82 valence electrons. The molecule has 1 aromatic heterocycles. The van der Waals surface area contributed by atoms with Gasteiger partial charge in [0.2, 0.25) is 0 Å². The first-order chi connectivity index (χ1) is 7.70. The fraction of sp³-hybridized carbons (Fsp3) is 0.167. The topological polar surface area (TPSA) is 51.8 Å². The zero-order valence-electron chi connectivity index (χ0n) is 8.89.